The molecule has 0 amide bonds. The predicted molar refractivity (Wildman–Crippen MR) is 83.3 cm³/mol. The van der Waals surface area contributed by atoms with Gasteiger partial charge in [-0.05, 0) is 54.7 Å². The molecule has 1 aliphatic carbocycles. The molecule has 1 aliphatic rings. The van der Waals surface area contributed by atoms with E-state index in [0.717, 1.165) is 24.3 Å². The zero-order valence-electron chi connectivity index (χ0n) is 12.9. The normalized spacial score (nSPS) is 18.6. The van der Waals surface area contributed by atoms with Crippen LogP contribution in [-0.4, -0.2) is 6.54 Å². The number of hydrogen-bond donors (Lipinski definition) is 1. The van der Waals surface area contributed by atoms with E-state index in [1.807, 2.05) is 0 Å². The van der Waals surface area contributed by atoms with E-state index in [9.17, 15) is 0 Å². The van der Waals surface area contributed by atoms with E-state index in [1.165, 1.54) is 30.4 Å². The Morgan fingerprint density at radius 2 is 1.74 bits per heavy atom. The molecule has 1 aromatic carbocycles. The maximum atomic E-state index is 3.68. The molecular weight excluding hydrogens is 230 g/mol. The average Bonchev–Trinajstić information content (AvgIpc) is 3.20. The molecule has 0 bridgehead atoms. The van der Waals surface area contributed by atoms with Crippen molar-refractivity contribution in [3.05, 3.63) is 35.4 Å². The van der Waals surface area contributed by atoms with Crippen molar-refractivity contribution in [1.82, 2.24) is 5.32 Å². The van der Waals surface area contributed by atoms with Crippen LogP contribution in [0.15, 0.2) is 24.3 Å². The first-order valence-electron chi connectivity index (χ1n) is 7.94. The van der Waals surface area contributed by atoms with Crippen LogP contribution in [0.4, 0.5) is 0 Å². The van der Waals surface area contributed by atoms with Gasteiger partial charge in [-0.15, -0.1) is 0 Å². The van der Waals surface area contributed by atoms with Crippen LogP contribution in [0, 0.1) is 17.8 Å². The zero-order valence-corrected chi connectivity index (χ0v) is 12.9. The summed E-state index contributed by atoms with van der Waals surface area (Å²) in [6.07, 6.45) is 4.04. The van der Waals surface area contributed by atoms with Crippen LogP contribution in [0.2, 0.25) is 0 Å². The highest BCUT2D eigenvalue weighted by Gasteiger charge is 2.33. The van der Waals surface area contributed by atoms with E-state index in [2.05, 4.69) is 57.3 Å². The van der Waals surface area contributed by atoms with Crippen LogP contribution >= 0.6 is 0 Å². The summed E-state index contributed by atoms with van der Waals surface area (Å²) in [4.78, 5) is 0. The fourth-order valence-corrected chi connectivity index (χ4v) is 3.05. The van der Waals surface area contributed by atoms with Gasteiger partial charge in [0.2, 0.25) is 0 Å². The highest BCUT2D eigenvalue weighted by atomic mass is 14.9. The monoisotopic (exact) mass is 259 g/mol. The maximum Gasteiger partial charge on any atom is 0.0348 e. The van der Waals surface area contributed by atoms with Gasteiger partial charge >= 0.3 is 0 Å². The smallest absolute Gasteiger partial charge is 0.0348 e. The van der Waals surface area contributed by atoms with Crippen LogP contribution in [-0.2, 0) is 6.42 Å². The van der Waals surface area contributed by atoms with Gasteiger partial charge in [0, 0.05) is 6.04 Å². The summed E-state index contributed by atoms with van der Waals surface area (Å²) in [5.41, 5.74) is 2.93. The number of nitrogens with one attached hydrogen (secondary N) is 1. The second-order valence-electron chi connectivity index (χ2n) is 6.57. The SMILES string of the molecule is CCNC(c1ccc(CC(C)C)cc1)C(C)C1CC1. The van der Waals surface area contributed by atoms with Gasteiger partial charge in [-0.25, -0.2) is 0 Å². The van der Waals surface area contributed by atoms with E-state index in [-0.39, 0.29) is 0 Å². The summed E-state index contributed by atoms with van der Waals surface area (Å²) in [5, 5.41) is 3.68. The molecule has 1 saturated carbocycles. The Labute approximate surface area is 118 Å². The Morgan fingerprint density at radius 3 is 2.21 bits per heavy atom. The van der Waals surface area contributed by atoms with E-state index in [0.29, 0.717) is 6.04 Å². The van der Waals surface area contributed by atoms with Crippen LogP contribution in [0.5, 0.6) is 0 Å². The number of benzene rings is 1. The maximum absolute atomic E-state index is 3.68. The van der Waals surface area contributed by atoms with Gasteiger partial charge in [0.05, 0.1) is 0 Å². The molecule has 0 aromatic heterocycles. The first kappa shape index (κ1) is 14.6. The van der Waals surface area contributed by atoms with E-state index in [4.69, 9.17) is 0 Å². The molecule has 2 unspecified atom stereocenters. The fraction of sp³-hybridized carbons (Fsp3) is 0.667. The Kier molecular flexibility index (Phi) is 5.04. The Balaban J connectivity index is 2.07. The first-order chi connectivity index (χ1) is 9.11. The van der Waals surface area contributed by atoms with Crippen LogP contribution in [0.3, 0.4) is 0 Å². The largest absolute Gasteiger partial charge is 0.310 e. The van der Waals surface area contributed by atoms with Crippen molar-refractivity contribution in [3.8, 4) is 0 Å². The molecule has 1 N–H and O–H groups in total. The molecule has 0 heterocycles. The van der Waals surface area contributed by atoms with Gasteiger partial charge in [-0.2, -0.15) is 0 Å². The standard InChI is InChI=1S/C18H29N/c1-5-19-18(14(4)16-10-11-16)17-8-6-15(7-9-17)12-13(2)3/h6-9,13-14,16,18-19H,5,10-12H2,1-4H3. The third kappa shape index (κ3) is 4.07. The minimum absolute atomic E-state index is 0.533. The van der Waals surface area contributed by atoms with Crippen molar-refractivity contribution in [2.75, 3.05) is 6.54 Å². The van der Waals surface area contributed by atoms with E-state index < -0.39 is 0 Å². The highest BCUT2D eigenvalue weighted by Crippen LogP contribution is 2.42. The summed E-state index contributed by atoms with van der Waals surface area (Å²) >= 11 is 0. The molecule has 1 nitrogen and oxygen atoms in total. The molecule has 2 atom stereocenters. The van der Waals surface area contributed by atoms with Crippen molar-refractivity contribution in [2.24, 2.45) is 17.8 Å². The van der Waals surface area contributed by atoms with Crippen molar-refractivity contribution in [1.29, 1.82) is 0 Å². The molecular formula is C18H29N. The molecule has 0 aliphatic heterocycles. The molecule has 1 aromatic rings. The van der Waals surface area contributed by atoms with Crippen LogP contribution < -0.4 is 5.32 Å². The lowest BCUT2D eigenvalue weighted by atomic mass is 9.89. The lowest BCUT2D eigenvalue weighted by molar-refractivity contribution is 0.355. The molecule has 1 heteroatoms. The molecule has 1 fully saturated rings. The van der Waals surface area contributed by atoms with Gasteiger partial charge < -0.3 is 5.32 Å². The highest BCUT2D eigenvalue weighted by molar-refractivity contribution is 5.26. The van der Waals surface area contributed by atoms with Gasteiger partial charge in [0.15, 0.2) is 0 Å². The quantitative estimate of drug-likeness (QED) is 0.755. The Hall–Kier alpha value is -0.820. The van der Waals surface area contributed by atoms with Gasteiger partial charge in [-0.3, -0.25) is 0 Å². The topological polar surface area (TPSA) is 12.0 Å². The summed E-state index contributed by atoms with van der Waals surface area (Å²) in [5.74, 6) is 2.44. The molecule has 19 heavy (non-hydrogen) atoms. The molecule has 0 saturated heterocycles. The summed E-state index contributed by atoms with van der Waals surface area (Å²) in [7, 11) is 0. The lowest BCUT2D eigenvalue weighted by Gasteiger charge is -2.25. The third-order valence-electron chi connectivity index (χ3n) is 4.30. The Morgan fingerprint density at radius 1 is 1.11 bits per heavy atom. The average molecular weight is 259 g/mol. The third-order valence-corrected chi connectivity index (χ3v) is 4.30. The van der Waals surface area contributed by atoms with Crippen LogP contribution in [0.25, 0.3) is 0 Å². The van der Waals surface area contributed by atoms with Crippen molar-refractivity contribution >= 4 is 0 Å². The second-order valence-corrected chi connectivity index (χ2v) is 6.57. The molecule has 106 valence electrons. The summed E-state index contributed by atoms with van der Waals surface area (Å²) in [6, 6.07) is 9.84. The van der Waals surface area contributed by atoms with E-state index >= 15 is 0 Å². The van der Waals surface area contributed by atoms with Crippen molar-refractivity contribution in [2.45, 2.75) is 53.0 Å². The van der Waals surface area contributed by atoms with Crippen molar-refractivity contribution in [3.63, 3.8) is 0 Å². The van der Waals surface area contributed by atoms with Gasteiger partial charge in [0.1, 0.15) is 0 Å². The number of rotatable bonds is 7. The van der Waals surface area contributed by atoms with Crippen LogP contribution in [0.1, 0.15) is 57.7 Å². The minimum atomic E-state index is 0.533. The molecule has 0 radical (unpaired) electrons. The fourth-order valence-electron chi connectivity index (χ4n) is 3.05. The van der Waals surface area contributed by atoms with Gasteiger partial charge in [-0.1, -0.05) is 52.0 Å². The summed E-state index contributed by atoms with van der Waals surface area (Å²) in [6.45, 7) is 10.2. The van der Waals surface area contributed by atoms with E-state index in [1.54, 1.807) is 0 Å². The lowest BCUT2D eigenvalue weighted by Crippen LogP contribution is -2.27. The predicted octanol–water partition coefficient (Wildman–Crippen LogP) is 4.58. The first-order valence-corrected chi connectivity index (χ1v) is 7.94. The summed E-state index contributed by atoms with van der Waals surface area (Å²) < 4.78 is 0. The Bertz CT molecular complexity index is 375. The molecule has 0 spiro atoms. The second kappa shape index (κ2) is 6.56. The minimum Gasteiger partial charge on any atom is -0.310 e. The number of hydrogen-bond acceptors (Lipinski definition) is 1. The zero-order chi connectivity index (χ0) is 13.8. The molecule has 2 rings (SSSR count). The van der Waals surface area contributed by atoms with Gasteiger partial charge in [0.25, 0.3) is 0 Å². The van der Waals surface area contributed by atoms with Crippen molar-refractivity contribution < 1.29 is 0 Å².